The zero-order valence-corrected chi connectivity index (χ0v) is 10.8. The van der Waals surface area contributed by atoms with E-state index in [0.29, 0.717) is 11.1 Å². The lowest BCUT2D eigenvalue weighted by atomic mass is 10.1. The van der Waals surface area contributed by atoms with Crippen molar-refractivity contribution in [2.45, 2.75) is 32.2 Å². The number of carbonyl (C=O) groups is 2. The van der Waals surface area contributed by atoms with Crippen LogP contribution in [0.3, 0.4) is 0 Å². The van der Waals surface area contributed by atoms with E-state index in [-0.39, 0.29) is 30.7 Å². The van der Waals surface area contributed by atoms with Gasteiger partial charge in [0, 0.05) is 23.7 Å². The number of hydrogen-bond acceptors (Lipinski definition) is 3. The molecular formula is C14H17NO4. The summed E-state index contributed by atoms with van der Waals surface area (Å²) in [5.74, 6) is -1.02. The van der Waals surface area contributed by atoms with Crippen molar-refractivity contribution in [3.05, 3.63) is 29.3 Å². The number of aromatic hydroxyl groups is 1. The third-order valence-corrected chi connectivity index (χ3v) is 3.35. The number of amides is 1. The van der Waals surface area contributed by atoms with Crippen molar-refractivity contribution in [3.8, 4) is 5.75 Å². The SMILES string of the molecule is Cc1c(O)cccc1C(=O)N(CCC(=O)O)C1CC1. The average Bonchev–Trinajstić information content (AvgIpc) is 3.17. The second-order valence-electron chi connectivity index (χ2n) is 4.82. The highest BCUT2D eigenvalue weighted by molar-refractivity contribution is 5.96. The Labute approximate surface area is 111 Å². The predicted octanol–water partition coefficient (Wildman–Crippen LogP) is 1.78. The number of benzene rings is 1. The molecule has 19 heavy (non-hydrogen) atoms. The minimum Gasteiger partial charge on any atom is -0.508 e. The molecule has 1 aromatic rings. The lowest BCUT2D eigenvalue weighted by molar-refractivity contribution is -0.137. The molecule has 0 atom stereocenters. The largest absolute Gasteiger partial charge is 0.508 e. The maximum absolute atomic E-state index is 12.4. The number of aliphatic carboxylic acids is 1. The van der Waals surface area contributed by atoms with E-state index in [1.807, 2.05) is 0 Å². The monoisotopic (exact) mass is 263 g/mol. The predicted molar refractivity (Wildman–Crippen MR) is 69.2 cm³/mol. The summed E-state index contributed by atoms with van der Waals surface area (Å²) in [4.78, 5) is 24.7. The van der Waals surface area contributed by atoms with Gasteiger partial charge >= 0.3 is 5.97 Å². The van der Waals surface area contributed by atoms with Crippen LogP contribution in [0.2, 0.25) is 0 Å². The quantitative estimate of drug-likeness (QED) is 0.848. The summed E-state index contributed by atoms with van der Waals surface area (Å²) in [5.41, 5.74) is 0.978. The van der Waals surface area contributed by atoms with E-state index >= 15 is 0 Å². The first-order chi connectivity index (χ1) is 9.00. The van der Waals surface area contributed by atoms with Crippen LogP contribution < -0.4 is 0 Å². The first-order valence-electron chi connectivity index (χ1n) is 6.32. The van der Waals surface area contributed by atoms with Crippen LogP contribution in [0.4, 0.5) is 0 Å². The fraction of sp³-hybridized carbons (Fsp3) is 0.429. The number of nitrogens with zero attached hydrogens (tertiary/aromatic N) is 1. The standard InChI is InChI=1S/C14H17NO4/c1-9-11(3-2-4-12(9)16)14(19)15(10-5-6-10)8-7-13(17)18/h2-4,10,16H,5-8H2,1H3,(H,17,18). The molecule has 1 aliphatic carbocycles. The Hall–Kier alpha value is -2.04. The Morgan fingerprint density at radius 2 is 2.05 bits per heavy atom. The molecule has 1 amide bonds. The van der Waals surface area contributed by atoms with E-state index in [1.54, 1.807) is 24.0 Å². The van der Waals surface area contributed by atoms with Crippen LogP contribution in [0.25, 0.3) is 0 Å². The molecule has 0 heterocycles. The van der Waals surface area contributed by atoms with Crippen molar-refractivity contribution in [1.82, 2.24) is 4.90 Å². The number of phenolic OH excluding ortho intramolecular Hbond substituents is 1. The summed E-state index contributed by atoms with van der Waals surface area (Å²) in [6.07, 6.45) is 1.78. The van der Waals surface area contributed by atoms with Crippen LogP contribution in [-0.4, -0.2) is 39.6 Å². The Balaban J connectivity index is 2.19. The number of carbonyl (C=O) groups excluding carboxylic acids is 1. The minimum atomic E-state index is -0.911. The number of hydrogen-bond donors (Lipinski definition) is 2. The van der Waals surface area contributed by atoms with Crippen LogP contribution in [-0.2, 0) is 4.79 Å². The fourth-order valence-corrected chi connectivity index (χ4v) is 2.06. The zero-order chi connectivity index (χ0) is 14.0. The molecule has 2 rings (SSSR count). The molecule has 2 N–H and O–H groups in total. The van der Waals surface area contributed by atoms with Crippen molar-refractivity contribution < 1.29 is 19.8 Å². The first kappa shape index (κ1) is 13.4. The molecule has 102 valence electrons. The summed E-state index contributed by atoms with van der Waals surface area (Å²) in [6, 6.07) is 4.96. The van der Waals surface area contributed by atoms with Crippen LogP contribution in [0.5, 0.6) is 5.75 Å². The van der Waals surface area contributed by atoms with Crippen molar-refractivity contribution in [3.63, 3.8) is 0 Å². The summed E-state index contributed by atoms with van der Waals surface area (Å²) < 4.78 is 0. The van der Waals surface area contributed by atoms with Crippen molar-refractivity contribution in [2.75, 3.05) is 6.54 Å². The van der Waals surface area contributed by atoms with Gasteiger partial charge in [0.05, 0.1) is 6.42 Å². The van der Waals surface area contributed by atoms with Gasteiger partial charge in [0.2, 0.25) is 0 Å². The molecule has 1 fully saturated rings. The molecule has 0 bridgehead atoms. The second-order valence-corrected chi connectivity index (χ2v) is 4.82. The summed E-state index contributed by atoms with van der Waals surface area (Å²) >= 11 is 0. The number of carboxylic acids is 1. The smallest absolute Gasteiger partial charge is 0.305 e. The van der Waals surface area contributed by atoms with E-state index < -0.39 is 5.97 Å². The van der Waals surface area contributed by atoms with E-state index in [1.165, 1.54) is 6.07 Å². The van der Waals surface area contributed by atoms with Crippen LogP contribution >= 0.6 is 0 Å². The van der Waals surface area contributed by atoms with Gasteiger partial charge in [-0.25, -0.2) is 0 Å². The van der Waals surface area contributed by atoms with Gasteiger partial charge in [-0.15, -0.1) is 0 Å². The normalized spacial score (nSPS) is 14.2. The molecule has 0 aromatic heterocycles. The second kappa shape index (κ2) is 5.30. The molecule has 5 nitrogen and oxygen atoms in total. The average molecular weight is 263 g/mol. The lowest BCUT2D eigenvalue weighted by Crippen LogP contribution is -2.35. The van der Waals surface area contributed by atoms with Gasteiger partial charge in [-0.1, -0.05) is 6.07 Å². The molecular weight excluding hydrogens is 246 g/mol. The van der Waals surface area contributed by atoms with E-state index in [4.69, 9.17) is 5.11 Å². The molecule has 0 saturated heterocycles. The highest BCUT2D eigenvalue weighted by atomic mass is 16.4. The number of phenols is 1. The summed E-state index contributed by atoms with van der Waals surface area (Å²) in [7, 11) is 0. The van der Waals surface area contributed by atoms with E-state index in [2.05, 4.69) is 0 Å². The summed E-state index contributed by atoms with van der Waals surface area (Å²) in [5, 5.41) is 18.4. The van der Waals surface area contributed by atoms with E-state index in [9.17, 15) is 14.7 Å². The third-order valence-electron chi connectivity index (χ3n) is 3.35. The topological polar surface area (TPSA) is 77.8 Å². The Kier molecular flexibility index (Phi) is 3.74. The van der Waals surface area contributed by atoms with Gasteiger partial charge in [-0.3, -0.25) is 9.59 Å². The minimum absolute atomic E-state index is 0.0555. The molecule has 1 aliphatic rings. The molecule has 0 aliphatic heterocycles. The lowest BCUT2D eigenvalue weighted by Gasteiger charge is -2.22. The molecule has 0 spiro atoms. The van der Waals surface area contributed by atoms with E-state index in [0.717, 1.165) is 12.8 Å². The molecule has 0 unspecified atom stereocenters. The van der Waals surface area contributed by atoms with Crippen molar-refractivity contribution in [1.29, 1.82) is 0 Å². The third kappa shape index (κ3) is 3.05. The Morgan fingerprint density at radius 3 is 2.63 bits per heavy atom. The summed E-state index contributed by atoms with van der Waals surface area (Å²) in [6.45, 7) is 1.90. The number of carboxylic acid groups (broad SMARTS) is 1. The Morgan fingerprint density at radius 1 is 1.37 bits per heavy atom. The molecule has 1 aromatic carbocycles. The number of rotatable bonds is 5. The van der Waals surface area contributed by atoms with Gasteiger partial charge < -0.3 is 15.1 Å². The zero-order valence-electron chi connectivity index (χ0n) is 10.8. The van der Waals surface area contributed by atoms with Crippen LogP contribution in [0, 0.1) is 6.92 Å². The molecule has 1 saturated carbocycles. The highest BCUT2D eigenvalue weighted by Gasteiger charge is 2.33. The molecule has 0 radical (unpaired) electrons. The maximum atomic E-state index is 12.4. The highest BCUT2D eigenvalue weighted by Crippen LogP contribution is 2.30. The molecule has 5 heteroatoms. The first-order valence-corrected chi connectivity index (χ1v) is 6.32. The van der Waals surface area contributed by atoms with Gasteiger partial charge in [-0.05, 0) is 31.9 Å². The van der Waals surface area contributed by atoms with Crippen molar-refractivity contribution >= 4 is 11.9 Å². The van der Waals surface area contributed by atoms with Gasteiger partial charge in [-0.2, -0.15) is 0 Å². The van der Waals surface area contributed by atoms with Crippen molar-refractivity contribution in [2.24, 2.45) is 0 Å². The van der Waals surface area contributed by atoms with Crippen LogP contribution in [0.1, 0.15) is 35.2 Å². The van der Waals surface area contributed by atoms with Gasteiger partial charge in [0.1, 0.15) is 5.75 Å². The van der Waals surface area contributed by atoms with Gasteiger partial charge in [0.15, 0.2) is 0 Å². The maximum Gasteiger partial charge on any atom is 0.305 e. The van der Waals surface area contributed by atoms with Crippen LogP contribution in [0.15, 0.2) is 18.2 Å². The fourth-order valence-electron chi connectivity index (χ4n) is 2.06. The Bertz CT molecular complexity index is 508. The van der Waals surface area contributed by atoms with Gasteiger partial charge in [0.25, 0.3) is 5.91 Å².